The van der Waals surface area contributed by atoms with E-state index in [1.54, 1.807) is 0 Å². The maximum atomic E-state index is 6.18. The summed E-state index contributed by atoms with van der Waals surface area (Å²) in [5.74, 6) is 3.05. The first-order valence-electron chi connectivity index (χ1n) is 6.43. The Morgan fingerprint density at radius 2 is 1.57 bits per heavy atom. The Morgan fingerprint density at radius 1 is 0.929 bits per heavy atom. The van der Waals surface area contributed by atoms with Crippen LogP contribution in [0.1, 0.15) is 58.3 Å². The molecule has 1 heteroatoms. The molecule has 2 atom stereocenters. The van der Waals surface area contributed by atoms with E-state index in [0.717, 1.165) is 17.8 Å². The molecule has 0 spiro atoms. The van der Waals surface area contributed by atoms with Gasteiger partial charge in [0.15, 0.2) is 0 Å². The van der Waals surface area contributed by atoms with Gasteiger partial charge in [-0.1, -0.05) is 26.2 Å². The van der Waals surface area contributed by atoms with Gasteiger partial charge in [0, 0.05) is 5.38 Å². The molecule has 14 heavy (non-hydrogen) atoms. The van der Waals surface area contributed by atoms with Crippen LogP contribution in [0.4, 0.5) is 0 Å². The number of hydrogen-bond donors (Lipinski definition) is 0. The molecule has 2 fully saturated rings. The molecule has 0 radical (unpaired) electrons. The fourth-order valence-corrected chi connectivity index (χ4v) is 3.81. The van der Waals surface area contributed by atoms with E-state index < -0.39 is 0 Å². The van der Waals surface area contributed by atoms with E-state index in [0.29, 0.717) is 5.38 Å². The predicted octanol–water partition coefficient (Wildman–Crippen LogP) is 4.61. The molecule has 2 aliphatic carbocycles. The topological polar surface area (TPSA) is 0 Å². The van der Waals surface area contributed by atoms with Crippen molar-refractivity contribution in [1.29, 1.82) is 0 Å². The monoisotopic (exact) mass is 214 g/mol. The average Bonchev–Trinajstić information content (AvgIpc) is 2.65. The third kappa shape index (κ3) is 2.45. The van der Waals surface area contributed by atoms with Gasteiger partial charge in [-0.15, -0.1) is 11.6 Å². The van der Waals surface area contributed by atoms with Crippen molar-refractivity contribution in [2.75, 3.05) is 0 Å². The summed E-state index contributed by atoms with van der Waals surface area (Å²) in [6, 6.07) is 0. The van der Waals surface area contributed by atoms with Gasteiger partial charge in [-0.3, -0.25) is 0 Å². The summed E-state index contributed by atoms with van der Waals surface area (Å²) in [5, 5.41) is 0.504. The van der Waals surface area contributed by atoms with Crippen LogP contribution in [0.2, 0.25) is 0 Å². The van der Waals surface area contributed by atoms with E-state index in [-0.39, 0.29) is 0 Å². The molecule has 0 aromatic carbocycles. The SMILES string of the molecule is CCC1CCC(C2CCC(Cl)C2)CC1. The largest absolute Gasteiger partial charge is 0.123 e. The number of alkyl halides is 1. The second kappa shape index (κ2) is 4.88. The molecule has 0 nitrogen and oxygen atoms in total. The first kappa shape index (κ1) is 10.8. The minimum Gasteiger partial charge on any atom is -0.123 e. The van der Waals surface area contributed by atoms with Crippen LogP contribution in [0.15, 0.2) is 0 Å². The molecule has 82 valence electrons. The second-order valence-corrected chi connectivity index (χ2v) is 5.98. The van der Waals surface area contributed by atoms with Crippen LogP contribution in [0.5, 0.6) is 0 Å². The van der Waals surface area contributed by atoms with E-state index in [9.17, 15) is 0 Å². The summed E-state index contributed by atoms with van der Waals surface area (Å²) in [4.78, 5) is 0. The summed E-state index contributed by atoms with van der Waals surface area (Å²) in [7, 11) is 0. The Balaban J connectivity index is 1.78. The second-order valence-electron chi connectivity index (χ2n) is 5.36. The van der Waals surface area contributed by atoms with Crippen molar-refractivity contribution in [3.63, 3.8) is 0 Å². The van der Waals surface area contributed by atoms with Crippen LogP contribution in [-0.2, 0) is 0 Å². The Bertz CT molecular complexity index is 170. The van der Waals surface area contributed by atoms with Gasteiger partial charge in [-0.05, 0) is 49.9 Å². The van der Waals surface area contributed by atoms with Crippen molar-refractivity contribution >= 4 is 11.6 Å². The third-order valence-electron chi connectivity index (χ3n) is 4.54. The molecule has 0 N–H and O–H groups in total. The number of rotatable bonds is 2. The van der Waals surface area contributed by atoms with E-state index in [2.05, 4.69) is 6.92 Å². The maximum absolute atomic E-state index is 6.18. The van der Waals surface area contributed by atoms with Crippen LogP contribution in [0.25, 0.3) is 0 Å². The average molecular weight is 215 g/mol. The van der Waals surface area contributed by atoms with Crippen molar-refractivity contribution in [2.45, 2.75) is 63.7 Å². The Hall–Kier alpha value is 0.290. The Kier molecular flexibility index (Phi) is 3.76. The highest BCUT2D eigenvalue weighted by Crippen LogP contribution is 2.42. The van der Waals surface area contributed by atoms with E-state index in [4.69, 9.17) is 11.6 Å². The van der Waals surface area contributed by atoms with Crippen molar-refractivity contribution in [2.24, 2.45) is 17.8 Å². The lowest BCUT2D eigenvalue weighted by Crippen LogP contribution is -2.20. The van der Waals surface area contributed by atoms with Gasteiger partial charge in [0.25, 0.3) is 0 Å². The van der Waals surface area contributed by atoms with Crippen LogP contribution < -0.4 is 0 Å². The lowest BCUT2D eigenvalue weighted by atomic mass is 9.74. The van der Waals surface area contributed by atoms with Gasteiger partial charge in [-0.25, -0.2) is 0 Å². The minimum atomic E-state index is 0.504. The van der Waals surface area contributed by atoms with Gasteiger partial charge < -0.3 is 0 Å². The highest BCUT2D eigenvalue weighted by Gasteiger charge is 2.32. The van der Waals surface area contributed by atoms with Crippen LogP contribution >= 0.6 is 11.6 Å². The normalized spacial score (nSPS) is 44.1. The van der Waals surface area contributed by atoms with Crippen molar-refractivity contribution in [3.8, 4) is 0 Å². The maximum Gasteiger partial charge on any atom is 0.0338 e. The van der Waals surface area contributed by atoms with Gasteiger partial charge in [0.2, 0.25) is 0 Å². The molecule has 0 amide bonds. The third-order valence-corrected chi connectivity index (χ3v) is 4.94. The predicted molar refractivity (Wildman–Crippen MR) is 62.7 cm³/mol. The zero-order chi connectivity index (χ0) is 9.97. The summed E-state index contributed by atoms with van der Waals surface area (Å²) in [6.45, 7) is 2.34. The molecule has 0 aromatic heterocycles. The van der Waals surface area contributed by atoms with Gasteiger partial charge in [0.05, 0.1) is 0 Å². The number of halogens is 1. The van der Waals surface area contributed by atoms with Crippen LogP contribution in [-0.4, -0.2) is 5.38 Å². The molecule has 0 bridgehead atoms. The summed E-state index contributed by atoms with van der Waals surface area (Å²) >= 11 is 6.18. The molecule has 0 aliphatic heterocycles. The molecular weight excluding hydrogens is 192 g/mol. The first-order chi connectivity index (χ1) is 6.79. The quantitative estimate of drug-likeness (QED) is 0.589. The van der Waals surface area contributed by atoms with Crippen LogP contribution in [0, 0.1) is 17.8 Å². The zero-order valence-electron chi connectivity index (χ0n) is 9.34. The lowest BCUT2D eigenvalue weighted by Gasteiger charge is -2.31. The fourth-order valence-electron chi connectivity index (χ4n) is 3.46. The fraction of sp³-hybridized carbons (Fsp3) is 1.00. The molecule has 0 aromatic rings. The highest BCUT2D eigenvalue weighted by atomic mass is 35.5. The van der Waals surface area contributed by atoms with Gasteiger partial charge in [0.1, 0.15) is 0 Å². The minimum absolute atomic E-state index is 0.504. The summed E-state index contributed by atoms with van der Waals surface area (Å²) < 4.78 is 0. The first-order valence-corrected chi connectivity index (χ1v) is 6.87. The lowest BCUT2D eigenvalue weighted by molar-refractivity contribution is 0.203. The van der Waals surface area contributed by atoms with Crippen LogP contribution in [0.3, 0.4) is 0 Å². The van der Waals surface area contributed by atoms with E-state index in [1.165, 1.54) is 51.4 Å². The zero-order valence-corrected chi connectivity index (χ0v) is 10.1. The molecule has 0 saturated heterocycles. The Morgan fingerprint density at radius 3 is 2.07 bits per heavy atom. The van der Waals surface area contributed by atoms with E-state index >= 15 is 0 Å². The number of hydrogen-bond acceptors (Lipinski definition) is 0. The molecular formula is C13H23Cl. The smallest absolute Gasteiger partial charge is 0.0338 e. The summed E-state index contributed by atoms with van der Waals surface area (Å²) in [5.41, 5.74) is 0. The van der Waals surface area contributed by atoms with Gasteiger partial charge >= 0.3 is 0 Å². The molecule has 2 saturated carbocycles. The Labute approximate surface area is 93.4 Å². The van der Waals surface area contributed by atoms with Crippen molar-refractivity contribution in [1.82, 2.24) is 0 Å². The molecule has 2 rings (SSSR count). The van der Waals surface area contributed by atoms with Crippen molar-refractivity contribution in [3.05, 3.63) is 0 Å². The van der Waals surface area contributed by atoms with Crippen molar-refractivity contribution < 1.29 is 0 Å². The highest BCUT2D eigenvalue weighted by molar-refractivity contribution is 6.20. The molecule has 2 unspecified atom stereocenters. The summed E-state index contributed by atoms with van der Waals surface area (Å²) in [6.07, 6.45) is 11.4. The van der Waals surface area contributed by atoms with Gasteiger partial charge in [-0.2, -0.15) is 0 Å². The van der Waals surface area contributed by atoms with E-state index in [1.807, 2.05) is 0 Å². The molecule has 2 aliphatic rings. The standard InChI is InChI=1S/C13H23Cl/c1-2-10-3-5-11(6-4-10)12-7-8-13(14)9-12/h10-13H,2-9H2,1H3. The molecule has 0 heterocycles.